The van der Waals surface area contributed by atoms with Gasteiger partial charge in [0.05, 0.1) is 11.9 Å². The van der Waals surface area contributed by atoms with Crippen LogP contribution in [0.1, 0.15) is 32.3 Å². The zero-order valence-corrected chi connectivity index (χ0v) is 20.9. The summed E-state index contributed by atoms with van der Waals surface area (Å²) >= 11 is 6.25. The van der Waals surface area contributed by atoms with Crippen molar-refractivity contribution in [2.24, 2.45) is 7.05 Å². The van der Waals surface area contributed by atoms with Crippen LogP contribution in [0.3, 0.4) is 0 Å². The molecule has 1 aliphatic heterocycles. The van der Waals surface area contributed by atoms with Crippen LogP contribution < -0.4 is 19.8 Å². The van der Waals surface area contributed by atoms with Crippen LogP contribution in [0.25, 0.3) is 11.1 Å². The lowest BCUT2D eigenvalue weighted by molar-refractivity contribution is 0.208. The Morgan fingerprint density at radius 3 is 2.62 bits per heavy atom. The third-order valence-corrected chi connectivity index (χ3v) is 7.28. The molecule has 0 radical (unpaired) electrons. The highest BCUT2D eigenvalue weighted by molar-refractivity contribution is 7.92. The van der Waals surface area contributed by atoms with E-state index in [1.54, 1.807) is 44.4 Å². The fourth-order valence-corrected chi connectivity index (χ4v) is 4.70. The summed E-state index contributed by atoms with van der Waals surface area (Å²) in [6, 6.07) is 12.0. The van der Waals surface area contributed by atoms with Crippen molar-refractivity contribution in [1.29, 1.82) is 0 Å². The monoisotopic (exact) mass is 502 g/mol. The number of hydrogen-bond donors (Lipinski definition) is 1. The van der Waals surface area contributed by atoms with E-state index in [1.807, 2.05) is 19.1 Å². The number of sulfonamides is 1. The van der Waals surface area contributed by atoms with Crippen molar-refractivity contribution in [3.05, 3.63) is 69.6 Å². The van der Waals surface area contributed by atoms with Crippen LogP contribution in [0.4, 0.5) is 5.69 Å². The summed E-state index contributed by atoms with van der Waals surface area (Å²) in [5, 5.41) is 0.628. The minimum absolute atomic E-state index is 0.0551. The van der Waals surface area contributed by atoms with Crippen molar-refractivity contribution in [1.82, 2.24) is 4.57 Å². The average Bonchev–Trinajstić information content (AvgIpc) is 2.78. The number of hydrogen-bond acceptors (Lipinski definition) is 5. The molecule has 34 heavy (non-hydrogen) atoms. The first kappa shape index (κ1) is 24.2. The lowest BCUT2D eigenvalue weighted by atomic mass is 10.0. The molecule has 0 saturated heterocycles. The molecule has 7 nitrogen and oxygen atoms in total. The number of aryl methyl sites for hydroxylation is 2. The Labute approximate surface area is 204 Å². The van der Waals surface area contributed by atoms with Crippen LogP contribution >= 0.6 is 11.6 Å². The fraction of sp³-hybridized carbons (Fsp3) is 0.320. The topological polar surface area (TPSA) is 86.6 Å². The molecule has 1 N–H and O–H groups in total. The number of pyridine rings is 1. The first-order valence-electron chi connectivity index (χ1n) is 11.1. The maximum Gasteiger partial charge on any atom is 0.254 e. The van der Waals surface area contributed by atoms with Gasteiger partial charge in [-0.25, -0.2) is 8.42 Å². The Morgan fingerprint density at radius 2 is 1.85 bits per heavy atom. The van der Waals surface area contributed by atoms with Crippen molar-refractivity contribution in [3.63, 3.8) is 0 Å². The maximum atomic E-state index is 12.4. The Hall–Kier alpha value is -2.97. The standard InChI is InChI=1S/C25H27ClN2O5S/c1-4-34(30,31)27-19-9-11-23-20(13-19)21-15-28(3)25(29)14-24(21)32-16(2)6-5-7-17-12-18(26)8-10-22(17)33-23/h8-16,27H,4-7H2,1-3H3. The highest BCUT2D eigenvalue weighted by Crippen LogP contribution is 2.41. The average molecular weight is 503 g/mol. The molecule has 0 bridgehead atoms. The molecule has 9 heteroatoms. The van der Waals surface area contributed by atoms with E-state index in [4.69, 9.17) is 21.1 Å². The normalized spacial score (nSPS) is 15.9. The number of benzene rings is 2. The van der Waals surface area contributed by atoms with Crippen LogP contribution in [0, 0.1) is 0 Å². The van der Waals surface area contributed by atoms with Gasteiger partial charge in [-0.15, -0.1) is 0 Å². The molecular formula is C25H27ClN2O5S. The van der Waals surface area contributed by atoms with Crippen molar-refractivity contribution in [2.75, 3.05) is 10.5 Å². The van der Waals surface area contributed by atoms with Gasteiger partial charge in [-0.3, -0.25) is 9.52 Å². The zero-order valence-electron chi connectivity index (χ0n) is 19.3. The molecular weight excluding hydrogens is 476 g/mol. The van der Waals surface area contributed by atoms with Gasteiger partial charge in [0.15, 0.2) is 0 Å². The Bertz CT molecular complexity index is 1380. The van der Waals surface area contributed by atoms with Gasteiger partial charge in [0, 0.05) is 41.1 Å². The Kier molecular flexibility index (Phi) is 6.91. The third kappa shape index (κ3) is 5.39. The Balaban J connectivity index is 1.94. The second-order valence-electron chi connectivity index (χ2n) is 8.39. The van der Waals surface area contributed by atoms with Crippen LogP contribution in [0.5, 0.6) is 17.2 Å². The number of rotatable bonds is 3. The molecule has 0 saturated carbocycles. The molecule has 0 amide bonds. The molecule has 2 heterocycles. The van der Waals surface area contributed by atoms with Crippen molar-refractivity contribution in [2.45, 2.75) is 39.2 Å². The van der Waals surface area contributed by atoms with Gasteiger partial charge in [0.25, 0.3) is 5.56 Å². The molecule has 0 spiro atoms. The van der Waals surface area contributed by atoms with Crippen molar-refractivity contribution in [3.8, 4) is 28.4 Å². The summed E-state index contributed by atoms with van der Waals surface area (Å²) in [7, 11) is -1.83. The fourth-order valence-electron chi connectivity index (χ4n) is 3.87. The van der Waals surface area contributed by atoms with Gasteiger partial charge in [-0.05, 0) is 75.1 Å². The molecule has 3 aromatic rings. The number of nitrogens with zero attached hydrogens (tertiary/aromatic N) is 1. The minimum atomic E-state index is -3.49. The van der Waals surface area contributed by atoms with E-state index in [9.17, 15) is 13.2 Å². The third-order valence-electron chi connectivity index (χ3n) is 5.74. The van der Waals surface area contributed by atoms with Crippen LogP contribution in [-0.4, -0.2) is 24.8 Å². The predicted octanol–water partition coefficient (Wildman–Crippen LogP) is 5.36. The highest BCUT2D eigenvalue weighted by atomic mass is 35.5. The maximum absolute atomic E-state index is 12.4. The summed E-state index contributed by atoms with van der Waals surface area (Å²) in [6.45, 7) is 3.54. The second-order valence-corrected chi connectivity index (χ2v) is 10.8. The number of anilines is 1. The lowest BCUT2D eigenvalue weighted by Crippen LogP contribution is -2.19. The summed E-state index contributed by atoms with van der Waals surface area (Å²) < 4.78 is 41.0. The molecule has 4 rings (SSSR count). The number of fused-ring (bicyclic) bond motifs is 4. The van der Waals surface area contributed by atoms with Gasteiger partial charge in [-0.2, -0.15) is 0 Å². The van der Waals surface area contributed by atoms with Crippen LogP contribution in [0.2, 0.25) is 5.02 Å². The summed E-state index contributed by atoms with van der Waals surface area (Å²) in [4.78, 5) is 12.4. The SMILES string of the molecule is CCS(=O)(=O)Nc1ccc2c(c1)-c1cn(C)c(=O)cc1OC(C)CCCc1cc(Cl)ccc1O2. The Morgan fingerprint density at radius 1 is 1.09 bits per heavy atom. The van der Waals surface area contributed by atoms with E-state index in [0.717, 1.165) is 24.8 Å². The first-order chi connectivity index (χ1) is 16.1. The van der Waals surface area contributed by atoms with Crippen LogP contribution in [0.15, 0.2) is 53.5 Å². The van der Waals surface area contributed by atoms with E-state index >= 15 is 0 Å². The molecule has 1 aliphatic rings. The van der Waals surface area contributed by atoms with E-state index in [2.05, 4.69) is 4.72 Å². The van der Waals surface area contributed by atoms with Gasteiger partial charge < -0.3 is 14.0 Å². The largest absolute Gasteiger partial charge is 0.490 e. The number of ether oxygens (including phenoxy) is 2. The molecule has 1 aromatic heterocycles. The van der Waals surface area contributed by atoms with Gasteiger partial charge in [-0.1, -0.05) is 11.6 Å². The van der Waals surface area contributed by atoms with Crippen molar-refractivity contribution < 1.29 is 17.9 Å². The summed E-state index contributed by atoms with van der Waals surface area (Å²) in [6.07, 6.45) is 3.90. The van der Waals surface area contributed by atoms with Crippen molar-refractivity contribution >= 4 is 27.3 Å². The quantitative estimate of drug-likeness (QED) is 0.520. The first-order valence-corrected chi connectivity index (χ1v) is 13.2. The van der Waals surface area contributed by atoms with Crippen LogP contribution in [-0.2, 0) is 23.5 Å². The highest BCUT2D eigenvalue weighted by Gasteiger charge is 2.20. The minimum Gasteiger partial charge on any atom is -0.490 e. The molecule has 1 atom stereocenters. The molecule has 0 fully saturated rings. The molecule has 180 valence electrons. The zero-order chi connectivity index (χ0) is 24.5. The van der Waals surface area contributed by atoms with Gasteiger partial charge in [0.2, 0.25) is 10.0 Å². The molecule has 1 unspecified atom stereocenters. The molecule has 2 aromatic carbocycles. The predicted molar refractivity (Wildman–Crippen MR) is 135 cm³/mol. The number of nitrogens with one attached hydrogen (secondary N) is 1. The summed E-state index contributed by atoms with van der Waals surface area (Å²) in [5.74, 6) is 1.54. The van der Waals surface area contributed by atoms with E-state index in [1.165, 1.54) is 10.6 Å². The van der Waals surface area contributed by atoms with E-state index in [0.29, 0.717) is 39.1 Å². The van der Waals surface area contributed by atoms with E-state index < -0.39 is 10.0 Å². The smallest absolute Gasteiger partial charge is 0.254 e. The summed E-state index contributed by atoms with van der Waals surface area (Å²) in [5.41, 5.74) is 2.37. The molecule has 0 aliphatic carbocycles. The van der Waals surface area contributed by atoms with Gasteiger partial charge in [0.1, 0.15) is 17.2 Å². The van der Waals surface area contributed by atoms with Gasteiger partial charge >= 0.3 is 0 Å². The second kappa shape index (κ2) is 9.72. The lowest BCUT2D eigenvalue weighted by Gasteiger charge is -2.22. The van der Waals surface area contributed by atoms with E-state index in [-0.39, 0.29) is 17.4 Å². The number of aromatic nitrogens is 1. The number of halogens is 1.